The predicted octanol–water partition coefficient (Wildman–Crippen LogP) is 1.01. The van der Waals surface area contributed by atoms with E-state index in [4.69, 9.17) is 13.9 Å². The van der Waals surface area contributed by atoms with Gasteiger partial charge in [0, 0.05) is 16.5 Å². The van der Waals surface area contributed by atoms with Crippen LogP contribution in [0.3, 0.4) is 0 Å². The molecule has 0 saturated carbocycles. The normalized spacial score (nSPS) is 15.2. The largest absolute Gasteiger partial charge is 0.467 e. The third-order valence-electron chi connectivity index (χ3n) is 4.55. The van der Waals surface area contributed by atoms with Gasteiger partial charge in [-0.25, -0.2) is 9.37 Å². The molecular weight excluding hydrogens is 393 g/mol. The molecule has 1 aliphatic heterocycles. The van der Waals surface area contributed by atoms with Crippen LogP contribution >= 0.6 is 0 Å². The second-order valence-electron chi connectivity index (χ2n) is 7.93. The Bertz CT molecular complexity index is 1340. The van der Waals surface area contributed by atoms with Crippen molar-refractivity contribution in [3.05, 3.63) is 78.3 Å². The number of hydrogen-bond acceptors (Lipinski definition) is 6. The Labute approximate surface area is 169 Å². The van der Waals surface area contributed by atoms with Crippen LogP contribution in [0.5, 0.6) is 5.75 Å². The highest BCUT2D eigenvalue weighted by Crippen LogP contribution is 2.29. The number of ether oxygens (including phenoxy) is 2. The smallest absolute Gasteiger partial charge is 0.272 e. The fraction of sp³-hybridized carbons (Fsp3) is 0.286. The van der Waals surface area contributed by atoms with E-state index >= 15 is 0 Å². The molecule has 2 N–H and O–H groups in total. The Morgan fingerprint density at radius 1 is 1.10 bits per heavy atom. The lowest BCUT2D eigenvalue weighted by Crippen LogP contribution is -2.46. The van der Waals surface area contributed by atoms with E-state index in [1.165, 1.54) is 30.7 Å². The number of hydrogen-bond donors (Lipinski definition) is 2. The first-order valence-electron chi connectivity index (χ1n) is 9.25. The number of rotatable bonds is 2. The Morgan fingerprint density at radius 2 is 1.80 bits per heavy atom. The SMILES string of the molecule is CC(C)(C)c1ocnc1/C=c1\[nH]c(=O)/c(=C/c2cc(F)cc3c2OCOC3)[nH]c1=O. The van der Waals surface area contributed by atoms with Crippen molar-refractivity contribution in [2.45, 2.75) is 32.8 Å². The number of nitrogens with one attached hydrogen (secondary N) is 2. The second kappa shape index (κ2) is 7.42. The first kappa shape index (κ1) is 19.8. The third-order valence-corrected chi connectivity index (χ3v) is 4.55. The van der Waals surface area contributed by atoms with Gasteiger partial charge in [0.15, 0.2) is 13.2 Å². The van der Waals surface area contributed by atoms with Crippen molar-refractivity contribution in [1.29, 1.82) is 0 Å². The molecule has 0 amide bonds. The molecular formula is C21H20FN3O5. The number of oxazole rings is 1. The van der Waals surface area contributed by atoms with Gasteiger partial charge in [0.2, 0.25) is 0 Å². The van der Waals surface area contributed by atoms with Crippen LogP contribution in [-0.4, -0.2) is 21.7 Å². The summed E-state index contributed by atoms with van der Waals surface area (Å²) in [6.45, 7) is 6.06. The predicted molar refractivity (Wildman–Crippen MR) is 106 cm³/mol. The monoisotopic (exact) mass is 413 g/mol. The van der Waals surface area contributed by atoms with Crippen molar-refractivity contribution in [3.8, 4) is 5.75 Å². The molecule has 156 valence electrons. The van der Waals surface area contributed by atoms with Crippen LogP contribution in [0.2, 0.25) is 0 Å². The molecule has 0 aliphatic carbocycles. The third kappa shape index (κ3) is 3.84. The highest BCUT2D eigenvalue weighted by molar-refractivity contribution is 5.59. The Balaban J connectivity index is 1.85. The maximum absolute atomic E-state index is 13.9. The molecule has 0 spiro atoms. The standard InChI is InChI=1S/C21H20FN3O5/c1-21(2,3)18-14(23-9-29-18)7-16-20(27)24-15(19(26)25-16)6-11-4-13(22)5-12-8-28-10-30-17(11)12/h4-7,9H,8,10H2,1-3H3,(H,24,27)(H,25,26)/b15-6-,16-7-. The summed E-state index contributed by atoms with van der Waals surface area (Å²) in [4.78, 5) is 34.4. The molecule has 0 radical (unpaired) electrons. The number of benzene rings is 1. The van der Waals surface area contributed by atoms with Gasteiger partial charge in [0.05, 0.1) is 6.61 Å². The molecule has 0 unspecified atom stereocenters. The maximum atomic E-state index is 13.9. The van der Waals surface area contributed by atoms with Gasteiger partial charge in [0.1, 0.15) is 33.7 Å². The minimum Gasteiger partial charge on any atom is -0.467 e. The second-order valence-corrected chi connectivity index (χ2v) is 7.93. The zero-order valence-corrected chi connectivity index (χ0v) is 16.7. The highest BCUT2D eigenvalue weighted by Gasteiger charge is 2.22. The van der Waals surface area contributed by atoms with Crippen molar-refractivity contribution in [1.82, 2.24) is 15.0 Å². The number of aromatic nitrogens is 3. The van der Waals surface area contributed by atoms with E-state index in [1.54, 1.807) is 0 Å². The average Bonchev–Trinajstić information content (AvgIpc) is 3.14. The molecule has 4 rings (SSSR count). The summed E-state index contributed by atoms with van der Waals surface area (Å²) >= 11 is 0. The van der Waals surface area contributed by atoms with Crippen LogP contribution in [0, 0.1) is 5.82 Å². The molecule has 0 fully saturated rings. The Morgan fingerprint density at radius 3 is 2.50 bits per heavy atom. The van der Waals surface area contributed by atoms with Gasteiger partial charge < -0.3 is 23.9 Å². The topological polar surface area (TPSA) is 110 Å². The van der Waals surface area contributed by atoms with Crippen LogP contribution in [0.4, 0.5) is 4.39 Å². The lowest BCUT2D eigenvalue weighted by molar-refractivity contribution is -0.0167. The van der Waals surface area contributed by atoms with Gasteiger partial charge >= 0.3 is 0 Å². The first-order valence-corrected chi connectivity index (χ1v) is 9.25. The van der Waals surface area contributed by atoms with Crippen LogP contribution in [-0.2, 0) is 16.8 Å². The van der Waals surface area contributed by atoms with Gasteiger partial charge in [-0.05, 0) is 24.3 Å². The van der Waals surface area contributed by atoms with Gasteiger partial charge in [-0.15, -0.1) is 0 Å². The summed E-state index contributed by atoms with van der Waals surface area (Å²) in [5, 5.41) is -0.00119. The molecule has 9 heteroatoms. The number of H-pyrrole nitrogens is 2. The number of fused-ring (bicyclic) bond motifs is 1. The lowest BCUT2D eigenvalue weighted by atomic mass is 9.92. The molecule has 1 aliphatic rings. The van der Waals surface area contributed by atoms with E-state index in [2.05, 4.69) is 15.0 Å². The summed E-state index contributed by atoms with van der Waals surface area (Å²) < 4.78 is 30.0. The summed E-state index contributed by atoms with van der Waals surface area (Å²) in [5.41, 5.74) is -0.101. The van der Waals surface area contributed by atoms with Crippen molar-refractivity contribution >= 4 is 12.2 Å². The molecule has 30 heavy (non-hydrogen) atoms. The van der Waals surface area contributed by atoms with E-state index in [1.807, 2.05) is 20.8 Å². The number of halogens is 1. The molecule has 0 saturated heterocycles. The fourth-order valence-electron chi connectivity index (χ4n) is 3.22. The molecule has 0 bridgehead atoms. The van der Waals surface area contributed by atoms with Gasteiger partial charge in [-0.3, -0.25) is 9.59 Å². The molecule has 1 aromatic carbocycles. The van der Waals surface area contributed by atoms with E-state index in [-0.39, 0.29) is 29.5 Å². The van der Waals surface area contributed by atoms with Gasteiger partial charge in [-0.2, -0.15) is 0 Å². The molecule has 8 nitrogen and oxygen atoms in total. The van der Waals surface area contributed by atoms with Crippen molar-refractivity contribution in [3.63, 3.8) is 0 Å². The minimum atomic E-state index is -0.549. The van der Waals surface area contributed by atoms with E-state index in [0.29, 0.717) is 28.3 Å². The quantitative estimate of drug-likeness (QED) is 0.649. The van der Waals surface area contributed by atoms with Crippen molar-refractivity contribution in [2.24, 2.45) is 0 Å². The number of aromatic amines is 2. The molecule has 0 atom stereocenters. The van der Waals surface area contributed by atoms with E-state index in [9.17, 15) is 14.0 Å². The van der Waals surface area contributed by atoms with Crippen LogP contribution in [0.1, 0.15) is 43.4 Å². The summed E-state index contributed by atoms with van der Waals surface area (Å²) in [5.74, 6) is 0.499. The minimum absolute atomic E-state index is 0.0219. The molecule has 2 aromatic heterocycles. The average molecular weight is 413 g/mol. The lowest BCUT2D eigenvalue weighted by Gasteiger charge is -2.19. The maximum Gasteiger partial charge on any atom is 0.272 e. The fourth-order valence-corrected chi connectivity index (χ4v) is 3.22. The van der Waals surface area contributed by atoms with E-state index in [0.717, 1.165) is 0 Å². The molecule has 3 aromatic rings. The van der Waals surface area contributed by atoms with Gasteiger partial charge in [0.25, 0.3) is 11.1 Å². The Hall–Kier alpha value is -3.46. The summed E-state index contributed by atoms with van der Waals surface area (Å²) in [6, 6.07) is 2.54. The number of nitrogens with zero attached hydrogens (tertiary/aromatic N) is 1. The van der Waals surface area contributed by atoms with Crippen LogP contribution < -0.4 is 26.6 Å². The van der Waals surface area contributed by atoms with Gasteiger partial charge in [-0.1, -0.05) is 20.8 Å². The highest BCUT2D eigenvalue weighted by atomic mass is 19.1. The summed E-state index contributed by atoms with van der Waals surface area (Å²) in [7, 11) is 0. The molecule has 3 heterocycles. The van der Waals surface area contributed by atoms with Crippen LogP contribution in [0.15, 0.2) is 32.5 Å². The zero-order valence-electron chi connectivity index (χ0n) is 16.7. The first-order chi connectivity index (χ1) is 14.2. The summed E-state index contributed by atoms with van der Waals surface area (Å²) in [6.07, 6.45) is 4.12. The van der Waals surface area contributed by atoms with Crippen molar-refractivity contribution in [2.75, 3.05) is 6.79 Å². The zero-order chi connectivity index (χ0) is 21.5. The Kier molecular flexibility index (Phi) is 4.90. The van der Waals surface area contributed by atoms with Crippen molar-refractivity contribution < 1.29 is 18.3 Å². The van der Waals surface area contributed by atoms with Crippen LogP contribution in [0.25, 0.3) is 12.2 Å². The van der Waals surface area contributed by atoms with E-state index < -0.39 is 16.9 Å².